The predicted octanol–water partition coefficient (Wildman–Crippen LogP) is 2.70. The van der Waals surface area contributed by atoms with E-state index < -0.39 is 0 Å². The summed E-state index contributed by atoms with van der Waals surface area (Å²) in [6.45, 7) is 4.27. The Morgan fingerprint density at radius 2 is 2.08 bits per heavy atom. The first-order valence-electron chi connectivity index (χ1n) is 9.10. The third kappa shape index (κ3) is 3.44. The van der Waals surface area contributed by atoms with Gasteiger partial charge in [-0.15, -0.1) is 0 Å². The van der Waals surface area contributed by atoms with Crippen LogP contribution in [0.3, 0.4) is 0 Å². The molecular formula is C19H25ClN2O2S. The third-order valence-electron chi connectivity index (χ3n) is 5.90. The highest BCUT2D eigenvalue weighted by atomic mass is 35.5. The van der Waals surface area contributed by atoms with E-state index in [9.17, 15) is 4.79 Å². The number of halogens is 1. The smallest absolute Gasteiger partial charge is 0.230 e. The van der Waals surface area contributed by atoms with Gasteiger partial charge in [0.15, 0.2) is 0 Å². The van der Waals surface area contributed by atoms with Crippen LogP contribution in [0.4, 0.5) is 0 Å². The number of morpholine rings is 1. The van der Waals surface area contributed by atoms with E-state index in [0.717, 1.165) is 63.4 Å². The van der Waals surface area contributed by atoms with Gasteiger partial charge >= 0.3 is 0 Å². The Morgan fingerprint density at radius 3 is 2.72 bits per heavy atom. The number of hydrogen-bond donors (Lipinski definition) is 1. The number of carbonyl (C=O) groups excluding carboxylic acids is 1. The van der Waals surface area contributed by atoms with Crippen molar-refractivity contribution >= 4 is 29.3 Å². The molecule has 1 atom stereocenters. The van der Waals surface area contributed by atoms with E-state index in [1.54, 1.807) is 0 Å². The molecule has 25 heavy (non-hydrogen) atoms. The molecule has 2 saturated heterocycles. The average molecular weight is 381 g/mol. The van der Waals surface area contributed by atoms with Crippen molar-refractivity contribution in [3.05, 3.63) is 34.9 Å². The quantitative estimate of drug-likeness (QED) is 0.852. The Morgan fingerprint density at radius 1 is 1.28 bits per heavy atom. The van der Waals surface area contributed by atoms with Crippen LogP contribution in [0.1, 0.15) is 24.8 Å². The molecule has 1 N–H and O–H groups in total. The minimum absolute atomic E-state index is 0.0918. The Labute approximate surface area is 158 Å². The van der Waals surface area contributed by atoms with Crippen LogP contribution >= 0.6 is 23.4 Å². The van der Waals surface area contributed by atoms with Crippen LogP contribution in [0.15, 0.2) is 24.3 Å². The molecule has 1 aromatic rings. The van der Waals surface area contributed by atoms with Crippen molar-refractivity contribution in [2.24, 2.45) is 0 Å². The first kappa shape index (κ1) is 17.7. The van der Waals surface area contributed by atoms with Crippen LogP contribution in [0.25, 0.3) is 0 Å². The van der Waals surface area contributed by atoms with Gasteiger partial charge < -0.3 is 10.1 Å². The molecule has 4 rings (SSSR count). The molecule has 4 nitrogen and oxygen atoms in total. The number of nitrogens with one attached hydrogen (secondary N) is 1. The number of nitrogens with zero attached hydrogens (tertiary/aromatic N) is 1. The summed E-state index contributed by atoms with van der Waals surface area (Å²) < 4.78 is 5.51. The van der Waals surface area contributed by atoms with Crippen LogP contribution in [0, 0.1) is 0 Å². The minimum atomic E-state index is -0.358. The van der Waals surface area contributed by atoms with Crippen molar-refractivity contribution in [1.82, 2.24) is 10.2 Å². The summed E-state index contributed by atoms with van der Waals surface area (Å²) in [7, 11) is 0. The van der Waals surface area contributed by atoms with Crippen molar-refractivity contribution in [2.75, 3.05) is 44.4 Å². The van der Waals surface area contributed by atoms with E-state index in [2.05, 4.69) is 10.2 Å². The van der Waals surface area contributed by atoms with Gasteiger partial charge in [-0.25, -0.2) is 0 Å². The Hall–Kier alpha value is -0.750. The van der Waals surface area contributed by atoms with Crippen LogP contribution in [-0.2, 0) is 14.9 Å². The zero-order chi connectivity index (χ0) is 17.3. The highest BCUT2D eigenvalue weighted by Crippen LogP contribution is 2.49. The molecule has 3 aliphatic rings. The van der Waals surface area contributed by atoms with Gasteiger partial charge in [-0.1, -0.05) is 23.7 Å². The molecule has 0 bridgehead atoms. The standard InChI is InChI=1S/C19H25ClN2O2S/c20-16-3-1-2-15(12-16)19(4-5-19)17(23)21-13-18(6-11-25-14-18)22-7-9-24-10-8-22/h1-3,12H,4-11,13-14H2,(H,21,23)/t18-/m0/s1. The van der Waals surface area contributed by atoms with Crippen LogP contribution in [-0.4, -0.2) is 60.7 Å². The van der Waals surface area contributed by atoms with Crippen molar-refractivity contribution in [2.45, 2.75) is 30.2 Å². The molecule has 3 fully saturated rings. The molecule has 0 unspecified atom stereocenters. The van der Waals surface area contributed by atoms with Gasteiger partial charge in [0.1, 0.15) is 0 Å². The number of thioether (sulfide) groups is 1. The van der Waals surface area contributed by atoms with Crippen molar-refractivity contribution in [3.63, 3.8) is 0 Å². The Bertz CT molecular complexity index is 638. The second-order valence-electron chi connectivity index (χ2n) is 7.40. The fourth-order valence-corrected chi connectivity index (χ4v) is 5.77. The largest absolute Gasteiger partial charge is 0.379 e. The number of carbonyl (C=O) groups is 1. The summed E-state index contributed by atoms with van der Waals surface area (Å²) in [6.07, 6.45) is 2.97. The maximum Gasteiger partial charge on any atom is 0.230 e. The van der Waals surface area contributed by atoms with Crippen LogP contribution in [0.5, 0.6) is 0 Å². The topological polar surface area (TPSA) is 41.6 Å². The first-order chi connectivity index (χ1) is 12.1. The SMILES string of the molecule is O=C(NC[C@@]1(N2CCOCC2)CCSC1)C1(c2cccc(Cl)c2)CC1. The van der Waals surface area contributed by atoms with E-state index >= 15 is 0 Å². The molecule has 1 saturated carbocycles. The summed E-state index contributed by atoms with van der Waals surface area (Å²) in [6, 6.07) is 7.77. The second kappa shape index (κ2) is 7.10. The van der Waals surface area contributed by atoms with Crippen LogP contribution in [0.2, 0.25) is 5.02 Å². The normalized spacial score (nSPS) is 28.7. The lowest BCUT2D eigenvalue weighted by Gasteiger charge is -2.43. The van der Waals surface area contributed by atoms with E-state index in [4.69, 9.17) is 16.3 Å². The molecular weight excluding hydrogens is 356 g/mol. The molecule has 1 aromatic carbocycles. The predicted molar refractivity (Wildman–Crippen MR) is 102 cm³/mol. The van der Waals surface area contributed by atoms with Gasteiger partial charge in [-0.3, -0.25) is 9.69 Å². The molecule has 2 heterocycles. The zero-order valence-corrected chi connectivity index (χ0v) is 16.0. The lowest BCUT2D eigenvalue weighted by molar-refractivity contribution is -0.124. The summed E-state index contributed by atoms with van der Waals surface area (Å²) in [5.41, 5.74) is 0.788. The van der Waals surface area contributed by atoms with Gasteiger partial charge in [0.2, 0.25) is 5.91 Å². The number of benzene rings is 1. The lowest BCUT2D eigenvalue weighted by atomic mass is 9.92. The molecule has 1 aliphatic carbocycles. The second-order valence-corrected chi connectivity index (χ2v) is 8.94. The van der Waals surface area contributed by atoms with Gasteiger partial charge in [0.05, 0.1) is 18.6 Å². The number of rotatable bonds is 5. The average Bonchev–Trinajstić information content (AvgIpc) is 3.32. The summed E-state index contributed by atoms with van der Waals surface area (Å²) in [4.78, 5) is 15.6. The Balaban J connectivity index is 1.45. The monoisotopic (exact) mass is 380 g/mol. The number of amides is 1. The number of ether oxygens (including phenoxy) is 1. The summed E-state index contributed by atoms with van der Waals surface area (Å²) >= 11 is 8.13. The minimum Gasteiger partial charge on any atom is -0.379 e. The van der Waals surface area contributed by atoms with Crippen molar-refractivity contribution < 1.29 is 9.53 Å². The van der Waals surface area contributed by atoms with Crippen molar-refractivity contribution in [3.8, 4) is 0 Å². The summed E-state index contributed by atoms with van der Waals surface area (Å²) in [5.74, 6) is 2.43. The molecule has 1 amide bonds. The van der Waals surface area contributed by atoms with Gasteiger partial charge in [0, 0.05) is 35.9 Å². The van der Waals surface area contributed by atoms with E-state index in [0.29, 0.717) is 5.02 Å². The fraction of sp³-hybridized carbons (Fsp3) is 0.632. The maximum atomic E-state index is 13.0. The zero-order valence-electron chi connectivity index (χ0n) is 14.4. The molecule has 6 heteroatoms. The highest BCUT2D eigenvalue weighted by Gasteiger charge is 2.52. The van der Waals surface area contributed by atoms with E-state index in [1.807, 2.05) is 36.0 Å². The van der Waals surface area contributed by atoms with Crippen molar-refractivity contribution in [1.29, 1.82) is 0 Å². The van der Waals surface area contributed by atoms with E-state index in [1.165, 1.54) is 5.75 Å². The van der Waals surface area contributed by atoms with Crippen LogP contribution < -0.4 is 5.32 Å². The summed E-state index contributed by atoms with van der Waals surface area (Å²) in [5, 5.41) is 4.01. The first-order valence-corrected chi connectivity index (χ1v) is 10.6. The highest BCUT2D eigenvalue weighted by molar-refractivity contribution is 7.99. The molecule has 0 aromatic heterocycles. The van der Waals surface area contributed by atoms with Gasteiger partial charge in [0.25, 0.3) is 0 Å². The molecule has 0 radical (unpaired) electrons. The third-order valence-corrected chi connectivity index (χ3v) is 7.37. The molecule has 2 aliphatic heterocycles. The fourth-order valence-electron chi connectivity index (χ4n) is 4.11. The van der Waals surface area contributed by atoms with Gasteiger partial charge in [-0.2, -0.15) is 11.8 Å². The molecule has 136 valence electrons. The maximum absolute atomic E-state index is 13.0. The molecule has 0 spiro atoms. The van der Waals surface area contributed by atoms with E-state index in [-0.39, 0.29) is 16.9 Å². The number of hydrogen-bond acceptors (Lipinski definition) is 4. The van der Waals surface area contributed by atoms with Gasteiger partial charge in [-0.05, 0) is 42.7 Å². The lowest BCUT2D eigenvalue weighted by Crippen LogP contribution is -2.59. The Kier molecular flexibility index (Phi) is 5.02.